The molecule has 0 spiro atoms. The van der Waals surface area contributed by atoms with E-state index in [0.717, 1.165) is 16.2 Å². The summed E-state index contributed by atoms with van der Waals surface area (Å²) < 4.78 is 10.8. The summed E-state index contributed by atoms with van der Waals surface area (Å²) in [4.78, 5) is 38.1. The number of anilines is 1. The molecule has 8 heteroatoms. The van der Waals surface area contributed by atoms with Crippen molar-refractivity contribution in [3.05, 3.63) is 54.0 Å². The van der Waals surface area contributed by atoms with Gasteiger partial charge in [-0.15, -0.1) is 0 Å². The molecule has 0 radical (unpaired) electrons. The van der Waals surface area contributed by atoms with E-state index >= 15 is 0 Å². The predicted octanol–water partition coefficient (Wildman–Crippen LogP) is 3.05. The number of benzene rings is 1. The number of nitrogens with one attached hydrogen (secondary N) is 2. The van der Waals surface area contributed by atoms with Crippen LogP contribution in [0.1, 0.15) is 38.0 Å². The number of nitrogens with zero attached hydrogens (tertiary/aromatic N) is 1. The number of rotatable bonds is 9. The van der Waals surface area contributed by atoms with E-state index in [1.807, 2.05) is 26.0 Å². The Morgan fingerprint density at radius 2 is 1.97 bits per heavy atom. The van der Waals surface area contributed by atoms with E-state index in [1.165, 1.54) is 0 Å². The number of furan rings is 1. The van der Waals surface area contributed by atoms with Gasteiger partial charge in [-0.3, -0.25) is 14.5 Å². The number of urea groups is 1. The topological polar surface area (TPSA) is 101 Å². The minimum absolute atomic E-state index is 0.328. The maximum Gasteiger partial charge on any atom is 0.325 e. The molecule has 29 heavy (non-hydrogen) atoms. The van der Waals surface area contributed by atoms with Crippen LogP contribution in [-0.2, 0) is 27.5 Å². The van der Waals surface area contributed by atoms with Crippen molar-refractivity contribution in [2.24, 2.45) is 0 Å². The Bertz CT molecular complexity index is 874. The van der Waals surface area contributed by atoms with Crippen molar-refractivity contribution < 1.29 is 23.5 Å². The van der Waals surface area contributed by atoms with Crippen molar-refractivity contribution >= 4 is 23.5 Å². The number of hydrogen-bond donors (Lipinski definition) is 2. The lowest BCUT2D eigenvalue weighted by Crippen LogP contribution is -2.46. The van der Waals surface area contributed by atoms with E-state index in [1.54, 1.807) is 30.5 Å². The Kier molecular flexibility index (Phi) is 6.33. The molecule has 4 amide bonds. The molecule has 0 saturated carbocycles. The minimum Gasteiger partial charge on any atom is -0.467 e. The summed E-state index contributed by atoms with van der Waals surface area (Å²) in [5.41, 5.74) is 0.529. The van der Waals surface area contributed by atoms with Gasteiger partial charge in [-0.1, -0.05) is 26.0 Å². The van der Waals surface area contributed by atoms with Gasteiger partial charge in [0.25, 0.3) is 5.91 Å². The summed E-state index contributed by atoms with van der Waals surface area (Å²) in [5.74, 6) is -0.0638. The third-order valence-corrected chi connectivity index (χ3v) is 5.06. The van der Waals surface area contributed by atoms with Crippen LogP contribution in [0.5, 0.6) is 0 Å². The predicted molar refractivity (Wildman–Crippen MR) is 106 cm³/mol. The molecular formula is C21H25N3O5. The normalized spacial score (nSPS) is 15.4. The summed E-state index contributed by atoms with van der Waals surface area (Å²) in [5, 5.41) is 5.44. The highest BCUT2D eigenvalue weighted by Gasteiger charge is 2.49. The lowest BCUT2D eigenvalue weighted by atomic mass is 9.93. The molecule has 1 aliphatic rings. The highest BCUT2D eigenvalue weighted by Crippen LogP contribution is 2.24. The average molecular weight is 399 g/mol. The fourth-order valence-electron chi connectivity index (χ4n) is 3.30. The van der Waals surface area contributed by atoms with Crippen molar-refractivity contribution in [1.82, 2.24) is 10.2 Å². The number of hydrogen-bond acceptors (Lipinski definition) is 5. The fourth-order valence-corrected chi connectivity index (χ4v) is 3.30. The first kappa shape index (κ1) is 20.6. The van der Waals surface area contributed by atoms with Gasteiger partial charge in [0.15, 0.2) is 0 Å². The van der Waals surface area contributed by atoms with Gasteiger partial charge in [-0.25, -0.2) is 4.79 Å². The second-order valence-corrected chi connectivity index (χ2v) is 6.93. The van der Waals surface area contributed by atoms with Gasteiger partial charge in [0, 0.05) is 5.69 Å². The van der Waals surface area contributed by atoms with E-state index in [-0.39, 0.29) is 12.5 Å². The van der Waals surface area contributed by atoms with Crippen LogP contribution in [0.25, 0.3) is 0 Å². The molecule has 1 saturated heterocycles. The summed E-state index contributed by atoms with van der Waals surface area (Å²) >= 11 is 0. The summed E-state index contributed by atoms with van der Waals surface area (Å²) in [7, 11) is 0. The summed E-state index contributed by atoms with van der Waals surface area (Å²) in [6, 6.07) is 10.3. The highest BCUT2D eigenvalue weighted by molar-refractivity contribution is 6.10. The van der Waals surface area contributed by atoms with Gasteiger partial charge in [0.1, 0.15) is 24.5 Å². The van der Waals surface area contributed by atoms with Crippen molar-refractivity contribution in [2.75, 3.05) is 11.9 Å². The van der Waals surface area contributed by atoms with Crippen LogP contribution in [0.3, 0.4) is 0 Å². The van der Waals surface area contributed by atoms with Gasteiger partial charge in [0.2, 0.25) is 5.91 Å². The number of amides is 4. The Morgan fingerprint density at radius 3 is 2.62 bits per heavy atom. The average Bonchev–Trinajstić information content (AvgIpc) is 3.31. The van der Waals surface area contributed by atoms with Crippen LogP contribution in [0, 0.1) is 0 Å². The van der Waals surface area contributed by atoms with Crippen LogP contribution >= 0.6 is 0 Å². The molecule has 0 bridgehead atoms. The lowest BCUT2D eigenvalue weighted by Gasteiger charge is -2.23. The smallest absolute Gasteiger partial charge is 0.325 e. The van der Waals surface area contributed by atoms with Crippen LogP contribution in [0.15, 0.2) is 47.1 Å². The quantitative estimate of drug-likeness (QED) is 0.631. The van der Waals surface area contributed by atoms with Crippen LogP contribution in [0.4, 0.5) is 10.5 Å². The zero-order valence-electron chi connectivity index (χ0n) is 16.6. The van der Waals surface area contributed by atoms with E-state index in [9.17, 15) is 14.4 Å². The van der Waals surface area contributed by atoms with Crippen LogP contribution < -0.4 is 10.6 Å². The Balaban J connectivity index is 1.55. The Hall–Kier alpha value is -3.13. The molecule has 8 nitrogen and oxygen atoms in total. The summed E-state index contributed by atoms with van der Waals surface area (Å²) in [6.07, 6.45) is 2.55. The van der Waals surface area contributed by atoms with Crippen LogP contribution in [-0.4, -0.2) is 34.8 Å². The molecule has 0 aliphatic carbocycles. The molecule has 2 aromatic rings. The number of carbonyl (C=O) groups excluding carboxylic acids is 3. The molecule has 2 N–H and O–H groups in total. The molecule has 3 rings (SSSR count). The SMILES string of the molecule is CCC1(CC)NC(=O)N(CC(=O)Nc2cccc(COCc3ccco3)c2)C1=O. The van der Waals surface area contributed by atoms with E-state index in [4.69, 9.17) is 9.15 Å². The molecular weight excluding hydrogens is 374 g/mol. The maximum atomic E-state index is 12.6. The number of carbonyl (C=O) groups is 3. The largest absolute Gasteiger partial charge is 0.467 e. The molecule has 1 fully saturated rings. The van der Waals surface area contributed by atoms with Gasteiger partial charge in [0.05, 0.1) is 12.9 Å². The zero-order valence-corrected chi connectivity index (χ0v) is 16.6. The van der Waals surface area contributed by atoms with Crippen molar-refractivity contribution in [2.45, 2.75) is 45.4 Å². The first-order valence-corrected chi connectivity index (χ1v) is 9.60. The van der Waals surface area contributed by atoms with E-state index in [0.29, 0.717) is 31.7 Å². The molecule has 2 heterocycles. The Labute approximate surface area is 169 Å². The number of imide groups is 1. The second-order valence-electron chi connectivity index (χ2n) is 6.93. The third kappa shape index (κ3) is 4.65. The van der Waals surface area contributed by atoms with Gasteiger partial charge in [-0.05, 0) is 42.7 Å². The molecule has 1 aromatic heterocycles. The minimum atomic E-state index is -0.914. The Morgan fingerprint density at radius 1 is 1.17 bits per heavy atom. The zero-order chi connectivity index (χ0) is 20.9. The molecule has 0 atom stereocenters. The van der Waals surface area contributed by atoms with Crippen molar-refractivity contribution in [3.63, 3.8) is 0 Å². The van der Waals surface area contributed by atoms with Crippen molar-refractivity contribution in [3.8, 4) is 0 Å². The lowest BCUT2D eigenvalue weighted by molar-refractivity contribution is -0.134. The molecule has 1 aliphatic heterocycles. The first-order valence-electron chi connectivity index (χ1n) is 9.60. The maximum absolute atomic E-state index is 12.6. The summed E-state index contributed by atoms with van der Waals surface area (Å²) in [6.45, 7) is 4.06. The molecule has 154 valence electrons. The standard InChI is InChI=1S/C21H25N3O5/c1-3-21(4-2)19(26)24(20(27)23-21)12-18(25)22-16-8-5-7-15(11-16)13-28-14-17-9-6-10-29-17/h5-11H,3-4,12-14H2,1-2H3,(H,22,25)(H,23,27). The number of ether oxygens (including phenoxy) is 1. The van der Waals surface area contributed by atoms with E-state index in [2.05, 4.69) is 10.6 Å². The molecule has 0 unspecified atom stereocenters. The highest BCUT2D eigenvalue weighted by atomic mass is 16.5. The fraction of sp³-hybridized carbons (Fsp3) is 0.381. The molecule has 1 aromatic carbocycles. The van der Waals surface area contributed by atoms with Gasteiger partial charge < -0.3 is 19.8 Å². The van der Waals surface area contributed by atoms with E-state index < -0.39 is 17.5 Å². The van der Waals surface area contributed by atoms with Crippen molar-refractivity contribution in [1.29, 1.82) is 0 Å². The monoisotopic (exact) mass is 399 g/mol. The first-order chi connectivity index (χ1) is 14.0. The van der Waals surface area contributed by atoms with Gasteiger partial charge in [-0.2, -0.15) is 0 Å². The second kappa shape index (κ2) is 8.91. The van der Waals surface area contributed by atoms with Gasteiger partial charge >= 0.3 is 6.03 Å². The third-order valence-electron chi connectivity index (χ3n) is 5.06. The van der Waals surface area contributed by atoms with Crippen LogP contribution in [0.2, 0.25) is 0 Å².